The first-order valence-electron chi connectivity index (χ1n) is 6.14. The molecule has 0 radical (unpaired) electrons. The number of aromatic amines is 1. The van der Waals surface area contributed by atoms with Crippen LogP contribution in [0.2, 0.25) is 5.15 Å². The Kier molecular flexibility index (Phi) is 2.64. The Labute approximate surface area is 116 Å². The van der Waals surface area contributed by atoms with E-state index in [2.05, 4.69) is 41.0 Å². The first-order valence-corrected chi connectivity index (χ1v) is 6.51. The lowest BCUT2D eigenvalue weighted by Crippen LogP contribution is -1.89. The lowest BCUT2D eigenvalue weighted by Gasteiger charge is -1.97. The molecule has 3 rings (SSSR count). The van der Waals surface area contributed by atoms with Crippen LogP contribution in [0.1, 0.15) is 16.8 Å². The average molecular weight is 275 g/mol. The standard InChI is InChI=1S/C14H15ClN4/c1-7-5-10-11(6-8(7)2)17-14(16-10)12-9(3)18-19(4)13(12)15/h5-6H,1-4H3,(H,16,17). The molecule has 98 valence electrons. The van der Waals surface area contributed by atoms with Crippen molar-refractivity contribution in [1.82, 2.24) is 19.7 Å². The van der Waals surface area contributed by atoms with Crippen LogP contribution in [0.3, 0.4) is 0 Å². The summed E-state index contributed by atoms with van der Waals surface area (Å²) in [4.78, 5) is 7.95. The Morgan fingerprint density at radius 3 is 2.47 bits per heavy atom. The molecule has 3 aromatic rings. The third-order valence-corrected chi connectivity index (χ3v) is 3.92. The molecule has 1 N–H and O–H groups in total. The number of halogens is 1. The maximum Gasteiger partial charge on any atom is 0.143 e. The van der Waals surface area contributed by atoms with E-state index < -0.39 is 0 Å². The minimum absolute atomic E-state index is 0.602. The molecule has 0 saturated carbocycles. The van der Waals surface area contributed by atoms with Crippen LogP contribution >= 0.6 is 11.6 Å². The van der Waals surface area contributed by atoms with E-state index >= 15 is 0 Å². The minimum Gasteiger partial charge on any atom is -0.338 e. The fraction of sp³-hybridized carbons (Fsp3) is 0.286. The highest BCUT2D eigenvalue weighted by atomic mass is 35.5. The number of aryl methyl sites for hydroxylation is 4. The second kappa shape index (κ2) is 4.10. The first kappa shape index (κ1) is 12.2. The Hall–Kier alpha value is -1.81. The molecule has 0 atom stereocenters. The molecule has 0 aliphatic heterocycles. The normalized spacial score (nSPS) is 11.4. The summed E-state index contributed by atoms with van der Waals surface area (Å²) in [6.07, 6.45) is 0. The number of nitrogens with zero attached hydrogens (tertiary/aromatic N) is 3. The van der Waals surface area contributed by atoms with Gasteiger partial charge in [0.25, 0.3) is 0 Å². The second-order valence-corrected chi connectivity index (χ2v) is 5.27. The lowest BCUT2D eigenvalue weighted by atomic mass is 10.1. The zero-order valence-electron chi connectivity index (χ0n) is 11.4. The molecule has 19 heavy (non-hydrogen) atoms. The maximum absolute atomic E-state index is 6.28. The topological polar surface area (TPSA) is 46.5 Å². The molecule has 0 aliphatic rings. The molecule has 0 saturated heterocycles. The molecular weight excluding hydrogens is 260 g/mol. The smallest absolute Gasteiger partial charge is 0.143 e. The van der Waals surface area contributed by atoms with E-state index in [-0.39, 0.29) is 0 Å². The van der Waals surface area contributed by atoms with Crippen LogP contribution in [-0.4, -0.2) is 19.7 Å². The molecule has 0 amide bonds. The number of imidazole rings is 1. The predicted octanol–water partition coefficient (Wildman–Crippen LogP) is 3.54. The monoisotopic (exact) mass is 274 g/mol. The molecule has 1 aromatic carbocycles. The molecule has 5 heteroatoms. The number of hydrogen-bond acceptors (Lipinski definition) is 2. The molecule has 2 heterocycles. The van der Waals surface area contributed by atoms with Crippen LogP contribution in [0, 0.1) is 20.8 Å². The van der Waals surface area contributed by atoms with Crippen molar-refractivity contribution < 1.29 is 0 Å². The summed E-state index contributed by atoms with van der Waals surface area (Å²) in [7, 11) is 1.83. The van der Waals surface area contributed by atoms with Crippen LogP contribution in [-0.2, 0) is 7.05 Å². The highest BCUT2D eigenvalue weighted by Gasteiger charge is 2.17. The zero-order chi connectivity index (χ0) is 13.7. The van der Waals surface area contributed by atoms with E-state index in [4.69, 9.17) is 11.6 Å². The molecule has 0 spiro atoms. The average Bonchev–Trinajstić information content (AvgIpc) is 2.82. The SMILES string of the molecule is Cc1cc2nc(-c3c(C)nn(C)c3Cl)[nH]c2cc1C. The molecule has 0 unspecified atom stereocenters. The van der Waals surface area contributed by atoms with Gasteiger partial charge in [-0.15, -0.1) is 0 Å². The number of hydrogen-bond donors (Lipinski definition) is 1. The highest BCUT2D eigenvalue weighted by Crippen LogP contribution is 2.30. The lowest BCUT2D eigenvalue weighted by molar-refractivity contribution is 0.757. The van der Waals surface area contributed by atoms with Crippen LogP contribution in [0.5, 0.6) is 0 Å². The summed E-state index contributed by atoms with van der Waals surface area (Å²) in [5.74, 6) is 0.774. The van der Waals surface area contributed by atoms with Crippen LogP contribution in [0.15, 0.2) is 12.1 Å². The number of benzene rings is 1. The molecule has 4 nitrogen and oxygen atoms in total. The molecule has 0 bridgehead atoms. The van der Waals surface area contributed by atoms with Crippen molar-refractivity contribution >= 4 is 22.6 Å². The van der Waals surface area contributed by atoms with Crippen molar-refractivity contribution in [1.29, 1.82) is 0 Å². The number of rotatable bonds is 1. The van der Waals surface area contributed by atoms with Crippen molar-refractivity contribution in [3.05, 3.63) is 34.1 Å². The predicted molar refractivity (Wildman–Crippen MR) is 77.5 cm³/mol. The van der Waals surface area contributed by atoms with Crippen molar-refractivity contribution in [2.24, 2.45) is 7.05 Å². The van der Waals surface area contributed by atoms with Gasteiger partial charge in [-0.3, -0.25) is 4.68 Å². The summed E-state index contributed by atoms with van der Waals surface area (Å²) in [6, 6.07) is 4.20. The second-order valence-electron chi connectivity index (χ2n) is 4.91. The Morgan fingerprint density at radius 1 is 1.16 bits per heavy atom. The van der Waals surface area contributed by atoms with Gasteiger partial charge in [-0.05, 0) is 44.0 Å². The van der Waals surface area contributed by atoms with Crippen molar-refractivity contribution in [3.8, 4) is 11.4 Å². The third kappa shape index (κ3) is 1.83. The molecule has 2 aromatic heterocycles. The van der Waals surface area contributed by atoms with Gasteiger partial charge in [-0.1, -0.05) is 11.6 Å². The van der Waals surface area contributed by atoms with Gasteiger partial charge in [0.15, 0.2) is 0 Å². The number of nitrogens with one attached hydrogen (secondary N) is 1. The molecule has 0 fully saturated rings. The largest absolute Gasteiger partial charge is 0.338 e. The summed E-state index contributed by atoms with van der Waals surface area (Å²) in [5.41, 5.74) is 6.21. The van der Waals surface area contributed by atoms with Crippen LogP contribution < -0.4 is 0 Å². The van der Waals surface area contributed by atoms with Gasteiger partial charge in [-0.2, -0.15) is 5.10 Å². The highest BCUT2D eigenvalue weighted by molar-refractivity contribution is 6.32. The number of H-pyrrole nitrogens is 1. The molecular formula is C14H15ClN4. The number of fused-ring (bicyclic) bond motifs is 1. The number of aromatic nitrogens is 4. The van der Waals surface area contributed by atoms with Gasteiger partial charge < -0.3 is 4.98 Å². The van der Waals surface area contributed by atoms with Crippen molar-refractivity contribution in [2.45, 2.75) is 20.8 Å². The van der Waals surface area contributed by atoms with Gasteiger partial charge in [0.1, 0.15) is 11.0 Å². The quantitative estimate of drug-likeness (QED) is 0.738. The first-order chi connectivity index (χ1) is 8.97. The summed E-state index contributed by atoms with van der Waals surface area (Å²) < 4.78 is 1.66. The van der Waals surface area contributed by atoms with E-state index in [0.717, 1.165) is 28.1 Å². The van der Waals surface area contributed by atoms with Gasteiger partial charge in [-0.25, -0.2) is 4.98 Å². The van der Waals surface area contributed by atoms with E-state index in [0.29, 0.717) is 5.15 Å². The van der Waals surface area contributed by atoms with Crippen molar-refractivity contribution in [3.63, 3.8) is 0 Å². The Balaban J connectivity index is 2.26. The third-order valence-electron chi connectivity index (χ3n) is 3.49. The summed E-state index contributed by atoms with van der Waals surface area (Å²) in [6.45, 7) is 6.12. The molecule has 0 aliphatic carbocycles. The van der Waals surface area contributed by atoms with Crippen LogP contribution in [0.4, 0.5) is 0 Å². The minimum atomic E-state index is 0.602. The van der Waals surface area contributed by atoms with E-state index in [1.54, 1.807) is 4.68 Å². The van der Waals surface area contributed by atoms with E-state index in [9.17, 15) is 0 Å². The van der Waals surface area contributed by atoms with Crippen molar-refractivity contribution in [2.75, 3.05) is 0 Å². The Morgan fingerprint density at radius 2 is 1.84 bits per heavy atom. The zero-order valence-corrected chi connectivity index (χ0v) is 12.1. The summed E-state index contributed by atoms with van der Waals surface area (Å²) >= 11 is 6.28. The van der Waals surface area contributed by atoms with Crippen LogP contribution in [0.25, 0.3) is 22.4 Å². The fourth-order valence-corrected chi connectivity index (χ4v) is 2.55. The van der Waals surface area contributed by atoms with Gasteiger partial charge >= 0.3 is 0 Å². The van der Waals surface area contributed by atoms with E-state index in [1.165, 1.54) is 11.1 Å². The fourth-order valence-electron chi connectivity index (χ4n) is 2.29. The van der Waals surface area contributed by atoms with Gasteiger partial charge in [0, 0.05) is 7.05 Å². The summed E-state index contributed by atoms with van der Waals surface area (Å²) in [5, 5.41) is 4.92. The van der Waals surface area contributed by atoms with Gasteiger partial charge in [0.2, 0.25) is 0 Å². The van der Waals surface area contributed by atoms with Gasteiger partial charge in [0.05, 0.1) is 22.3 Å². The van der Waals surface area contributed by atoms with E-state index in [1.807, 2.05) is 14.0 Å². The maximum atomic E-state index is 6.28. The Bertz CT molecular complexity index is 743.